The van der Waals surface area contributed by atoms with Crippen molar-refractivity contribution in [3.8, 4) is 0 Å². The van der Waals surface area contributed by atoms with Crippen molar-refractivity contribution in [3.05, 3.63) is 59.7 Å². The monoisotopic (exact) mass is 322 g/mol. The summed E-state index contributed by atoms with van der Waals surface area (Å²) in [5.74, 6) is 0.751. The molecule has 0 unspecified atom stereocenters. The summed E-state index contributed by atoms with van der Waals surface area (Å²) in [7, 11) is 2.37. The van der Waals surface area contributed by atoms with E-state index in [1.807, 2.05) is 6.07 Å². The zero-order valence-corrected chi connectivity index (χ0v) is 14.8. The average molecular weight is 322 g/mol. The van der Waals surface area contributed by atoms with Crippen LogP contribution in [0.4, 0.5) is 11.4 Å². The van der Waals surface area contributed by atoms with E-state index in [-0.39, 0.29) is 0 Å². The first-order valence-electron chi connectivity index (χ1n) is 9.07. The van der Waals surface area contributed by atoms with Crippen molar-refractivity contribution < 1.29 is 0 Å². The van der Waals surface area contributed by atoms with Crippen LogP contribution in [0.3, 0.4) is 0 Å². The van der Waals surface area contributed by atoms with Crippen molar-refractivity contribution in [2.24, 2.45) is 0 Å². The van der Waals surface area contributed by atoms with Gasteiger partial charge in [-0.3, -0.25) is 9.38 Å². The van der Waals surface area contributed by atoms with E-state index in [0.29, 0.717) is 0 Å². The normalized spacial score (nSPS) is 26.2. The molecule has 1 aliphatic carbocycles. The second-order valence-electron chi connectivity index (χ2n) is 7.75. The van der Waals surface area contributed by atoms with E-state index in [9.17, 15) is 0 Å². The van der Waals surface area contributed by atoms with Gasteiger partial charge in [0.25, 0.3) is 0 Å². The predicted molar refractivity (Wildman–Crippen MR) is 102 cm³/mol. The maximum absolute atomic E-state index is 5.93. The van der Waals surface area contributed by atoms with Gasteiger partial charge in [-0.25, -0.2) is 0 Å². The highest BCUT2D eigenvalue weighted by atomic mass is 15.4. The lowest BCUT2D eigenvalue weighted by molar-refractivity contribution is 0.146. The molecule has 0 spiro atoms. The van der Waals surface area contributed by atoms with E-state index in [1.54, 1.807) is 0 Å². The molecule has 2 aromatic rings. The van der Waals surface area contributed by atoms with Crippen molar-refractivity contribution in [1.82, 2.24) is 9.38 Å². The van der Waals surface area contributed by atoms with E-state index < -0.39 is 0 Å². The highest BCUT2D eigenvalue weighted by Crippen LogP contribution is 2.45. The number of hydrogen-bond donors (Lipinski definition) is 1. The molecule has 2 aliphatic rings. The molecule has 1 aliphatic heterocycles. The Balaban J connectivity index is 1.42. The Kier molecular flexibility index (Phi) is 3.86. The summed E-state index contributed by atoms with van der Waals surface area (Å²) in [6.07, 6.45) is 1.33. The third-order valence-corrected chi connectivity index (χ3v) is 6.02. The molecule has 2 atom stereocenters. The average Bonchev–Trinajstić information content (AvgIpc) is 3.37. The van der Waals surface area contributed by atoms with Crippen molar-refractivity contribution >= 4 is 11.4 Å². The van der Waals surface area contributed by atoms with E-state index in [1.165, 1.54) is 49.4 Å². The standard InChI is InChI=1S/C21H28N3/c1-16-14-18(22)8-9-21(16)24(2)12-10-23(11-13-24)20-15-19(20)17-6-4-3-5-7-17/h3-9,14,19-20H,10-13,15,22H2,1-2H3/q+1/t19-,20+/m0/s1. The van der Waals surface area contributed by atoms with E-state index in [0.717, 1.165) is 22.1 Å². The lowest BCUT2D eigenvalue weighted by atomic mass is 10.1. The quantitative estimate of drug-likeness (QED) is 0.693. The van der Waals surface area contributed by atoms with Gasteiger partial charge in [0, 0.05) is 42.4 Å². The molecule has 1 heterocycles. The summed E-state index contributed by atoms with van der Waals surface area (Å²) >= 11 is 0. The SMILES string of the molecule is Cc1cc(N)ccc1[N+]1(C)CCN([C@@H]2C[C@H]2c2ccccc2)CC1. The zero-order valence-electron chi connectivity index (χ0n) is 14.8. The van der Waals surface area contributed by atoms with E-state index >= 15 is 0 Å². The Morgan fingerprint density at radius 1 is 1.04 bits per heavy atom. The van der Waals surface area contributed by atoms with E-state index in [2.05, 4.69) is 61.3 Å². The first-order chi connectivity index (χ1) is 11.6. The van der Waals surface area contributed by atoms with Crippen LogP contribution >= 0.6 is 0 Å². The summed E-state index contributed by atoms with van der Waals surface area (Å²) in [6, 6.07) is 18.1. The highest BCUT2D eigenvalue weighted by Gasteiger charge is 2.45. The summed E-state index contributed by atoms with van der Waals surface area (Å²) < 4.78 is 1.03. The van der Waals surface area contributed by atoms with Crippen LogP contribution in [-0.4, -0.2) is 44.2 Å². The van der Waals surface area contributed by atoms with Gasteiger partial charge in [-0.05, 0) is 31.0 Å². The maximum atomic E-state index is 5.93. The van der Waals surface area contributed by atoms with Gasteiger partial charge in [-0.1, -0.05) is 30.3 Å². The van der Waals surface area contributed by atoms with Gasteiger partial charge in [-0.2, -0.15) is 0 Å². The lowest BCUT2D eigenvalue weighted by Crippen LogP contribution is -2.59. The minimum absolute atomic E-state index is 0.751. The van der Waals surface area contributed by atoms with Crippen molar-refractivity contribution in [3.63, 3.8) is 0 Å². The number of nitrogens with zero attached hydrogens (tertiary/aromatic N) is 2. The van der Waals surface area contributed by atoms with Crippen molar-refractivity contribution in [2.45, 2.75) is 25.3 Å². The first-order valence-corrected chi connectivity index (χ1v) is 9.07. The highest BCUT2D eigenvalue weighted by molar-refractivity contribution is 5.57. The van der Waals surface area contributed by atoms with Crippen LogP contribution in [-0.2, 0) is 0 Å². The van der Waals surface area contributed by atoms with Crippen molar-refractivity contribution in [1.29, 1.82) is 0 Å². The Hall–Kier alpha value is -1.84. The number of benzene rings is 2. The van der Waals surface area contributed by atoms with Gasteiger partial charge in [-0.15, -0.1) is 0 Å². The molecule has 24 heavy (non-hydrogen) atoms. The molecule has 2 fully saturated rings. The molecule has 3 heteroatoms. The smallest absolute Gasteiger partial charge is 0.135 e. The molecule has 126 valence electrons. The van der Waals surface area contributed by atoms with Crippen LogP contribution in [0, 0.1) is 6.92 Å². The Morgan fingerprint density at radius 3 is 2.42 bits per heavy atom. The lowest BCUT2D eigenvalue weighted by Gasteiger charge is -2.42. The minimum atomic E-state index is 0.751. The molecule has 0 bridgehead atoms. The Labute approximate surface area is 145 Å². The number of likely N-dealkylation sites (N-methyl/N-ethyl adjacent to an activating group) is 1. The summed E-state index contributed by atoms with van der Waals surface area (Å²) in [6.45, 7) is 6.93. The number of rotatable bonds is 3. The second kappa shape index (κ2) is 5.91. The van der Waals surface area contributed by atoms with Gasteiger partial charge in [0.15, 0.2) is 0 Å². The summed E-state index contributed by atoms with van der Waals surface area (Å²) in [5.41, 5.74) is 11.1. The zero-order chi connectivity index (χ0) is 16.7. The molecule has 4 rings (SSSR count). The molecule has 1 saturated heterocycles. The minimum Gasteiger partial charge on any atom is -0.399 e. The van der Waals surface area contributed by atoms with Crippen LogP contribution in [0.15, 0.2) is 48.5 Å². The van der Waals surface area contributed by atoms with Gasteiger partial charge in [0.2, 0.25) is 0 Å². The fourth-order valence-corrected chi connectivity index (χ4v) is 4.42. The van der Waals surface area contributed by atoms with Crippen molar-refractivity contribution in [2.75, 3.05) is 39.0 Å². The molecular weight excluding hydrogens is 294 g/mol. The largest absolute Gasteiger partial charge is 0.399 e. The predicted octanol–water partition coefficient (Wildman–Crippen LogP) is 3.39. The molecule has 2 N–H and O–H groups in total. The van der Waals surface area contributed by atoms with Gasteiger partial charge < -0.3 is 5.73 Å². The number of piperazine rings is 1. The molecule has 1 saturated carbocycles. The first kappa shape index (κ1) is 15.7. The Morgan fingerprint density at radius 2 is 1.75 bits per heavy atom. The molecule has 3 nitrogen and oxygen atoms in total. The molecule has 0 radical (unpaired) electrons. The second-order valence-corrected chi connectivity index (χ2v) is 7.75. The van der Waals surface area contributed by atoms with Crippen LogP contribution in [0.25, 0.3) is 0 Å². The Bertz CT molecular complexity index is 717. The van der Waals surface area contributed by atoms with Crippen LogP contribution in [0.5, 0.6) is 0 Å². The molecule has 2 aromatic carbocycles. The fourth-order valence-electron chi connectivity index (χ4n) is 4.42. The molecular formula is C21H28N3+. The maximum Gasteiger partial charge on any atom is 0.135 e. The number of hydrogen-bond acceptors (Lipinski definition) is 2. The summed E-state index contributed by atoms with van der Waals surface area (Å²) in [5, 5.41) is 0. The topological polar surface area (TPSA) is 29.3 Å². The number of nitrogen functional groups attached to an aromatic ring is 1. The third kappa shape index (κ3) is 2.83. The van der Waals surface area contributed by atoms with Crippen LogP contribution < -0.4 is 10.2 Å². The van der Waals surface area contributed by atoms with Gasteiger partial charge >= 0.3 is 0 Å². The van der Waals surface area contributed by atoms with Crippen LogP contribution in [0.2, 0.25) is 0 Å². The molecule has 0 amide bonds. The van der Waals surface area contributed by atoms with E-state index in [4.69, 9.17) is 5.73 Å². The van der Waals surface area contributed by atoms with Gasteiger partial charge in [0.05, 0.1) is 20.1 Å². The number of anilines is 1. The number of nitrogens with two attached hydrogens (primary N) is 1. The van der Waals surface area contributed by atoms with Crippen LogP contribution in [0.1, 0.15) is 23.5 Å². The molecule has 0 aromatic heterocycles. The third-order valence-electron chi connectivity index (χ3n) is 6.02. The summed E-state index contributed by atoms with van der Waals surface area (Å²) in [4.78, 5) is 2.71. The fraction of sp³-hybridized carbons (Fsp3) is 0.429. The number of quaternary nitrogens is 1. The number of aryl methyl sites for hydroxylation is 1. The van der Waals surface area contributed by atoms with Gasteiger partial charge in [0.1, 0.15) is 5.69 Å².